The summed E-state index contributed by atoms with van der Waals surface area (Å²) < 4.78 is 0. The maximum Gasteiger partial charge on any atom is 0.253 e. The Morgan fingerprint density at radius 2 is 2.05 bits per heavy atom. The van der Waals surface area contributed by atoms with Gasteiger partial charge in [0.1, 0.15) is 0 Å². The van der Waals surface area contributed by atoms with E-state index in [1.54, 1.807) is 12.1 Å². The van der Waals surface area contributed by atoms with Gasteiger partial charge in [0.15, 0.2) is 0 Å². The van der Waals surface area contributed by atoms with E-state index in [2.05, 4.69) is 10.2 Å². The number of carbonyl (C=O) groups excluding carboxylic acids is 1. The molecule has 21 heavy (non-hydrogen) atoms. The molecule has 114 valence electrons. The van der Waals surface area contributed by atoms with E-state index >= 15 is 0 Å². The zero-order valence-electron chi connectivity index (χ0n) is 11.7. The lowest BCUT2D eigenvalue weighted by Gasteiger charge is -2.32. The van der Waals surface area contributed by atoms with Crippen LogP contribution in [0, 0.1) is 0 Å². The number of nitrogens with two attached hydrogens (primary N) is 1. The summed E-state index contributed by atoms with van der Waals surface area (Å²) in [6.45, 7) is 2.20. The van der Waals surface area contributed by atoms with Gasteiger partial charge in [0.05, 0.1) is 15.6 Å². The number of fused-ring (bicyclic) bond motifs is 1. The van der Waals surface area contributed by atoms with Crippen LogP contribution in [-0.2, 0) is 0 Å². The molecule has 2 heterocycles. The van der Waals surface area contributed by atoms with Gasteiger partial charge in [0.2, 0.25) is 0 Å². The fourth-order valence-corrected chi connectivity index (χ4v) is 3.86. The average molecular weight is 328 g/mol. The zero-order valence-corrected chi connectivity index (χ0v) is 13.3. The summed E-state index contributed by atoms with van der Waals surface area (Å²) in [6, 6.07) is 3.78. The molecule has 0 aliphatic carbocycles. The molecule has 2 aliphatic heterocycles. The van der Waals surface area contributed by atoms with Crippen LogP contribution in [0.4, 0.5) is 5.69 Å². The topological polar surface area (TPSA) is 58.4 Å². The van der Waals surface area contributed by atoms with E-state index in [4.69, 9.17) is 28.9 Å². The lowest BCUT2D eigenvalue weighted by molar-refractivity contribution is 0.0915. The first-order chi connectivity index (χ1) is 10.1. The van der Waals surface area contributed by atoms with Crippen LogP contribution in [0.2, 0.25) is 10.0 Å². The largest absolute Gasteiger partial charge is 0.399 e. The highest BCUT2D eigenvalue weighted by molar-refractivity contribution is 6.44. The highest BCUT2D eigenvalue weighted by Crippen LogP contribution is 2.30. The molecule has 0 radical (unpaired) electrons. The van der Waals surface area contributed by atoms with Crippen molar-refractivity contribution in [1.82, 2.24) is 10.2 Å². The third-order valence-electron chi connectivity index (χ3n) is 4.47. The molecule has 1 aromatic carbocycles. The average Bonchev–Trinajstić information content (AvgIpc) is 2.86. The van der Waals surface area contributed by atoms with Gasteiger partial charge in [-0.3, -0.25) is 9.69 Å². The van der Waals surface area contributed by atoms with Crippen molar-refractivity contribution < 1.29 is 4.79 Å². The van der Waals surface area contributed by atoms with Gasteiger partial charge in [-0.15, -0.1) is 0 Å². The zero-order chi connectivity index (χ0) is 15.0. The van der Waals surface area contributed by atoms with Crippen molar-refractivity contribution in [3.05, 3.63) is 27.7 Å². The fraction of sp³-hybridized carbons (Fsp3) is 0.533. The molecular weight excluding hydrogens is 309 g/mol. The summed E-state index contributed by atoms with van der Waals surface area (Å²) in [7, 11) is 0. The molecule has 2 aliphatic rings. The van der Waals surface area contributed by atoms with Gasteiger partial charge in [-0.25, -0.2) is 0 Å². The van der Waals surface area contributed by atoms with Gasteiger partial charge in [-0.1, -0.05) is 29.6 Å². The monoisotopic (exact) mass is 327 g/mol. The number of halogens is 2. The summed E-state index contributed by atoms with van der Waals surface area (Å²) in [5, 5.41) is 3.69. The van der Waals surface area contributed by atoms with Gasteiger partial charge in [0.25, 0.3) is 5.91 Å². The Morgan fingerprint density at radius 1 is 1.24 bits per heavy atom. The van der Waals surface area contributed by atoms with Crippen molar-refractivity contribution in [2.75, 3.05) is 18.8 Å². The van der Waals surface area contributed by atoms with Crippen LogP contribution in [0.15, 0.2) is 12.1 Å². The molecule has 2 fully saturated rings. The number of hydrogen-bond donors (Lipinski definition) is 2. The summed E-state index contributed by atoms with van der Waals surface area (Å²) in [6.07, 6.45) is 4.63. The fourth-order valence-electron chi connectivity index (χ4n) is 3.44. The Kier molecular flexibility index (Phi) is 4.29. The molecule has 6 heteroatoms. The number of piperidine rings is 1. The van der Waals surface area contributed by atoms with E-state index in [9.17, 15) is 4.79 Å². The Bertz CT molecular complexity index is 564. The van der Waals surface area contributed by atoms with Gasteiger partial charge in [-0.2, -0.15) is 0 Å². The van der Waals surface area contributed by atoms with Gasteiger partial charge in [-0.05, 0) is 37.9 Å². The Labute approximate surface area is 134 Å². The first kappa shape index (κ1) is 14.9. The molecular formula is C15H19Cl2N3O. The molecule has 2 saturated heterocycles. The van der Waals surface area contributed by atoms with Crippen LogP contribution in [0.3, 0.4) is 0 Å². The molecule has 0 spiro atoms. The van der Waals surface area contributed by atoms with E-state index in [0.29, 0.717) is 22.3 Å². The van der Waals surface area contributed by atoms with Crippen molar-refractivity contribution in [3.8, 4) is 0 Å². The number of rotatable bonds is 2. The van der Waals surface area contributed by atoms with E-state index in [1.165, 1.54) is 12.8 Å². The molecule has 2 unspecified atom stereocenters. The standard InChI is InChI=1S/C15H19Cl2N3O/c16-11-8-9(18)7-10(14(11)17)15(21)19-12-4-6-20-5-2-1-3-13(12)20/h7-8,12-13H,1-6,18H2,(H,19,21). The summed E-state index contributed by atoms with van der Waals surface area (Å²) in [4.78, 5) is 14.9. The molecule has 0 saturated carbocycles. The van der Waals surface area contributed by atoms with Crippen LogP contribution >= 0.6 is 23.2 Å². The van der Waals surface area contributed by atoms with Crippen molar-refractivity contribution in [2.45, 2.75) is 37.8 Å². The Balaban J connectivity index is 1.75. The van der Waals surface area contributed by atoms with E-state index in [0.717, 1.165) is 25.9 Å². The second-order valence-electron chi connectivity index (χ2n) is 5.83. The molecule has 1 amide bonds. The minimum Gasteiger partial charge on any atom is -0.399 e. The van der Waals surface area contributed by atoms with E-state index in [1.807, 2.05) is 0 Å². The van der Waals surface area contributed by atoms with Crippen LogP contribution in [0.1, 0.15) is 36.0 Å². The summed E-state index contributed by atoms with van der Waals surface area (Å²) in [5.41, 5.74) is 6.55. The Hall–Kier alpha value is -0.970. The molecule has 0 bridgehead atoms. The molecule has 4 nitrogen and oxygen atoms in total. The SMILES string of the molecule is Nc1cc(Cl)c(Cl)c(C(=O)NC2CCN3CCCCC23)c1. The number of anilines is 1. The molecule has 3 rings (SSSR count). The van der Waals surface area contributed by atoms with Gasteiger partial charge in [0, 0.05) is 24.3 Å². The number of carbonyl (C=O) groups is 1. The van der Waals surface area contributed by atoms with Gasteiger partial charge < -0.3 is 11.1 Å². The van der Waals surface area contributed by atoms with Crippen LogP contribution < -0.4 is 11.1 Å². The normalized spacial score (nSPS) is 25.6. The van der Waals surface area contributed by atoms with Crippen molar-refractivity contribution in [3.63, 3.8) is 0 Å². The predicted octanol–water partition coefficient (Wildman–Crippen LogP) is 2.93. The minimum atomic E-state index is -0.188. The number of hydrogen-bond acceptors (Lipinski definition) is 3. The maximum absolute atomic E-state index is 12.5. The number of nitrogens with one attached hydrogen (secondary N) is 1. The van der Waals surface area contributed by atoms with Gasteiger partial charge >= 0.3 is 0 Å². The number of amides is 1. The third-order valence-corrected chi connectivity index (χ3v) is 5.27. The smallest absolute Gasteiger partial charge is 0.253 e. The van der Waals surface area contributed by atoms with Crippen LogP contribution in [0.25, 0.3) is 0 Å². The number of nitrogens with zero attached hydrogens (tertiary/aromatic N) is 1. The third kappa shape index (κ3) is 2.98. The number of nitrogen functional groups attached to an aromatic ring is 1. The molecule has 3 N–H and O–H groups in total. The van der Waals surface area contributed by atoms with Crippen molar-refractivity contribution in [2.24, 2.45) is 0 Å². The molecule has 1 aromatic rings. The summed E-state index contributed by atoms with van der Waals surface area (Å²) in [5.74, 6) is -0.188. The lowest BCUT2D eigenvalue weighted by atomic mass is 9.99. The second-order valence-corrected chi connectivity index (χ2v) is 6.62. The molecule has 0 aromatic heterocycles. The summed E-state index contributed by atoms with van der Waals surface area (Å²) >= 11 is 12.1. The highest BCUT2D eigenvalue weighted by atomic mass is 35.5. The number of benzene rings is 1. The van der Waals surface area contributed by atoms with E-state index < -0.39 is 0 Å². The second kappa shape index (κ2) is 6.03. The minimum absolute atomic E-state index is 0.188. The van der Waals surface area contributed by atoms with Crippen molar-refractivity contribution >= 4 is 34.8 Å². The first-order valence-electron chi connectivity index (χ1n) is 7.35. The molecule has 2 atom stereocenters. The van der Waals surface area contributed by atoms with E-state index in [-0.39, 0.29) is 17.0 Å². The highest BCUT2D eigenvalue weighted by Gasteiger charge is 2.36. The lowest BCUT2D eigenvalue weighted by Crippen LogP contribution is -2.46. The Morgan fingerprint density at radius 3 is 2.86 bits per heavy atom. The quantitative estimate of drug-likeness (QED) is 0.821. The van der Waals surface area contributed by atoms with Crippen molar-refractivity contribution in [1.29, 1.82) is 0 Å². The van der Waals surface area contributed by atoms with Crippen LogP contribution in [0.5, 0.6) is 0 Å². The maximum atomic E-state index is 12.5. The first-order valence-corrected chi connectivity index (χ1v) is 8.11. The predicted molar refractivity (Wildman–Crippen MR) is 86.0 cm³/mol. The van der Waals surface area contributed by atoms with Crippen LogP contribution in [-0.4, -0.2) is 36.0 Å².